The third-order valence-electron chi connectivity index (χ3n) is 4.43. The number of pyridine rings is 1. The first-order valence-electron chi connectivity index (χ1n) is 8.65. The third kappa shape index (κ3) is 4.87. The van der Waals surface area contributed by atoms with Crippen LogP contribution in [0, 0.1) is 11.7 Å². The Balaban J connectivity index is 1.98. The molecule has 0 aliphatic heterocycles. The van der Waals surface area contributed by atoms with E-state index in [1.807, 2.05) is 0 Å². The van der Waals surface area contributed by atoms with Crippen molar-refractivity contribution in [3.05, 3.63) is 59.5 Å². The molecule has 0 saturated heterocycles. The molecule has 142 valence electrons. The second-order valence-corrected chi connectivity index (χ2v) is 6.54. The predicted octanol–water partition coefficient (Wildman–Crippen LogP) is 5.08. The lowest BCUT2D eigenvalue weighted by Gasteiger charge is -2.24. The molecule has 27 heavy (non-hydrogen) atoms. The molecule has 0 radical (unpaired) electrons. The molecular weight excluding hydrogens is 355 g/mol. The number of ether oxygens (including phenoxy) is 1. The number of halogens is 3. The van der Waals surface area contributed by atoms with Crippen molar-refractivity contribution < 1.29 is 17.9 Å². The minimum atomic E-state index is -2.90. The van der Waals surface area contributed by atoms with Crippen LogP contribution in [-0.4, -0.2) is 17.3 Å². The molecule has 1 aromatic heterocycles. The smallest absolute Gasteiger partial charge is 0.387 e. The fourth-order valence-electron chi connectivity index (χ4n) is 3.08. The van der Waals surface area contributed by atoms with Crippen LogP contribution in [0.25, 0.3) is 5.70 Å². The Kier molecular flexibility index (Phi) is 5.78. The molecule has 4 nitrogen and oxygen atoms in total. The SMILES string of the molecule is C[C@@H]1CC/C(=C(/N)c2cccc(OC(F)F)c2)C(=Nc2ccc(F)cn2)C1. The van der Waals surface area contributed by atoms with E-state index in [0.717, 1.165) is 23.9 Å². The zero-order valence-corrected chi connectivity index (χ0v) is 14.8. The number of hydrogen-bond donors (Lipinski definition) is 1. The fourth-order valence-corrected chi connectivity index (χ4v) is 3.08. The van der Waals surface area contributed by atoms with E-state index < -0.39 is 12.4 Å². The molecule has 7 heteroatoms. The van der Waals surface area contributed by atoms with Crippen molar-refractivity contribution in [2.45, 2.75) is 32.8 Å². The molecule has 1 fully saturated rings. The summed E-state index contributed by atoms with van der Waals surface area (Å²) in [6.45, 7) is -0.774. The van der Waals surface area contributed by atoms with Crippen LogP contribution in [0.1, 0.15) is 31.7 Å². The Bertz CT molecular complexity index is 863. The molecule has 2 aromatic rings. The standard InChI is InChI=1S/C20H20F3N3O/c1-12-5-7-16(17(9-12)26-18-8-6-14(21)11-25-18)19(24)13-3-2-4-15(10-13)27-20(22)23/h2-4,6,8,10-12,20H,5,7,9,24H2,1H3/b19-16-,26-17?/t12-/m1/s1. The monoisotopic (exact) mass is 375 g/mol. The van der Waals surface area contributed by atoms with Gasteiger partial charge in [-0.05, 0) is 55.0 Å². The minimum absolute atomic E-state index is 0.0499. The number of hydrogen-bond acceptors (Lipinski definition) is 4. The van der Waals surface area contributed by atoms with Crippen molar-refractivity contribution in [1.29, 1.82) is 0 Å². The average molecular weight is 375 g/mol. The van der Waals surface area contributed by atoms with Gasteiger partial charge in [0.15, 0.2) is 5.82 Å². The van der Waals surface area contributed by atoms with E-state index in [0.29, 0.717) is 35.8 Å². The van der Waals surface area contributed by atoms with Crippen LogP contribution in [0.15, 0.2) is 53.2 Å². The van der Waals surface area contributed by atoms with E-state index in [1.54, 1.807) is 12.1 Å². The maximum atomic E-state index is 13.1. The number of allylic oxidation sites excluding steroid dienone is 1. The highest BCUT2D eigenvalue weighted by Crippen LogP contribution is 2.32. The van der Waals surface area contributed by atoms with Crippen LogP contribution in [-0.2, 0) is 0 Å². The molecule has 0 bridgehead atoms. The zero-order valence-electron chi connectivity index (χ0n) is 14.8. The second kappa shape index (κ2) is 8.24. The van der Waals surface area contributed by atoms with Crippen molar-refractivity contribution in [2.24, 2.45) is 16.6 Å². The van der Waals surface area contributed by atoms with Gasteiger partial charge in [0.25, 0.3) is 0 Å². The van der Waals surface area contributed by atoms with E-state index in [4.69, 9.17) is 5.73 Å². The van der Waals surface area contributed by atoms with Crippen LogP contribution in [0.4, 0.5) is 19.0 Å². The third-order valence-corrected chi connectivity index (χ3v) is 4.43. The summed E-state index contributed by atoms with van der Waals surface area (Å²) in [7, 11) is 0. The van der Waals surface area contributed by atoms with Crippen molar-refractivity contribution in [3.8, 4) is 5.75 Å². The molecule has 1 atom stereocenters. The Labute approximate surface area is 155 Å². The number of rotatable bonds is 4. The van der Waals surface area contributed by atoms with Gasteiger partial charge < -0.3 is 10.5 Å². The predicted molar refractivity (Wildman–Crippen MR) is 98.5 cm³/mol. The molecule has 1 heterocycles. The van der Waals surface area contributed by atoms with Gasteiger partial charge in [-0.15, -0.1) is 0 Å². The molecule has 1 aromatic carbocycles. The first-order valence-corrected chi connectivity index (χ1v) is 8.65. The van der Waals surface area contributed by atoms with Crippen molar-refractivity contribution in [2.75, 3.05) is 0 Å². The van der Waals surface area contributed by atoms with Crippen LogP contribution >= 0.6 is 0 Å². The van der Waals surface area contributed by atoms with E-state index >= 15 is 0 Å². The van der Waals surface area contributed by atoms with Crippen molar-refractivity contribution in [1.82, 2.24) is 4.98 Å². The first kappa shape index (κ1) is 18.9. The molecule has 1 saturated carbocycles. The van der Waals surface area contributed by atoms with Gasteiger partial charge in [-0.3, -0.25) is 0 Å². The summed E-state index contributed by atoms with van der Waals surface area (Å²) in [4.78, 5) is 8.54. The van der Waals surface area contributed by atoms with E-state index in [1.165, 1.54) is 24.3 Å². The Morgan fingerprint density at radius 2 is 2.11 bits per heavy atom. The molecule has 3 rings (SSSR count). The summed E-state index contributed by atoms with van der Waals surface area (Å²) >= 11 is 0. The normalized spacial score (nSPS) is 20.8. The number of aliphatic imine (C=N–C) groups is 1. The van der Waals surface area contributed by atoms with Gasteiger partial charge >= 0.3 is 6.61 Å². The molecule has 1 aliphatic rings. The number of nitrogens with zero attached hydrogens (tertiary/aromatic N) is 2. The summed E-state index contributed by atoms with van der Waals surface area (Å²) in [6.07, 6.45) is 3.48. The minimum Gasteiger partial charge on any atom is -0.435 e. The van der Waals surface area contributed by atoms with E-state index in [9.17, 15) is 13.2 Å². The Hall–Kier alpha value is -2.83. The molecule has 2 N–H and O–H groups in total. The molecule has 0 amide bonds. The molecule has 1 aliphatic carbocycles. The van der Waals surface area contributed by atoms with E-state index in [-0.39, 0.29) is 5.75 Å². The lowest BCUT2D eigenvalue weighted by molar-refractivity contribution is -0.0498. The van der Waals surface area contributed by atoms with Crippen LogP contribution < -0.4 is 10.5 Å². The van der Waals surface area contributed by atoms with Gasteiger partial charge in [-0.25, -0.2) is 14.4 Å². The molecule has 0 unspecified atom stereocenters. The number of aromatic nitrogens is 1. The number of alkyl halides is 2. The maximum absolute atomic E-state index is 13.1. The molecule has 0 spiro atoms. The zero-order chi connectivity index (χ0) is 19.4. The van der Waals surface area contributed by atoms with E-state index in [2.05, 4.69) is 21.6 Å². The lowest BCUT2D eigenvalue weighted by atomic mass is 9.83. The van der Waals surface area contributed by atoms with Gasteiger partial charge in [0.2, 0.25) is 0 Å². The van der Waals surface area contributed by atoms with Gasteiger partial charge in [-0.1, -0.05) is 19.1 Å². The van der Waals surface area contributed by atoms with Gasteiger partial charge in [-0.2, -0.15) is 8.78 Å². The van der Waals surface area contributed by atoms with Gasteiger partial charge in [0, 0.05) is 17.0 Å². The van der Waals surface area contributed by atoms with Crippen LogP contribution in [0.2, 0.25) is 0 Å². The van der Waals surface area contributed by atoms with Gasteiger partial charge in [0.05, 0.1) is 6.20 Å². The first-order chi connectivity index (χ1) is 12.9. The highest BCUT2D eigenvalue weighted by atomic mass is 19.3. The average Bonchev–Trinajstić information content (AvgIpc) is 2.63. The highest BCUT2D eigenvalue weighted by Gasteiger charge is 2.22. The summed E-state index contributed by atoms with van der Waals surface area (Å²) in [5.41, 5.74) is 9.07. The summed E-state index contributed by atoms with van der Waals surface area (Å²) in [5.74, 6) is 0.450. The quantitative estimate of drug-likeness (QED) is 0.810. The summed E-state index contributed by atoms with van der Waals surface area (Å²) in [5, 5.41) is 0. The second-order valence-electron chi connectivity index (χ2n) is 6.54. The van der Waals surface area contributed by atoms with Crippen LogP contribution in [0.3, 0.4) is 0 Å². The topological polar surface area (TPSA) is 60.5 Å². The lowest BCUT2D eigenvalue weighted by Crippen LogP contribution is -2.19. The number of nitrogens with two attached hydrogens (primary N) is 1. The fraction of sp³-hybridized carbons (Fsp3) is 0.300. The highest BCUT2D eigenvalue weighted by molar-refractivity contribution is 6.07. The Morgan fingerprint density at radius 3 is 2.81 bits per heavy atom. The largest absolute Gasteiger partial charge is 0.435 e. The summed E-state index contributed by atoms with van der Waals surface area (Å²) in [6, 6.07) is 9.11. The maximum Gasteiger partial charge on any atom is 0.387 e. The van der Waals surface area contributed by atoms with Crippen LogP contribution in [0.5, 0.6) is 5.75 Å². The Morgan fingerprint density at radius 1 is 1.30 bits per heavy atom. The van der Waals surface area contributed by atoms with Crippen molar-refractivity contribution >= 4 is 17.2 Å². The van der Waals surface area contributed by atoms with Crippen molar-refractivity contribution in [3.63, 3.8) is 0 Å². The molecular formula is C20H20F3N3O. The number of benzene rings is 1. The summed E-state index contributed by atoms with van der Waals surface area (Å²) < 4.78 is 42.5. The van der Waals surface area contributed by atoms with Gasteiger partial charge in [0.1, 0.15) is 11.6 Å².